The molecule has 1 rings (SSSR count). The third-order valence-electron chi connectivity index (χ3n) is 2.27. The van der Waals surface area contributed by atoms with Gasteiger partial charge < -0.3 is 5.11 Å². The molecule has 106 valence electrons. The first-order valence-corrected chi connectivity index (χ1v) is 6.43. The predicted molar refractivity (Wildman–Crippen MR) is 58.4 cm³/mol. The van der Waals surface area contributed by atoms with Crippen LogP contribution in [-0.4, -0.2) is 37.4 Å². The molecule has 0 saturated carbocycles. The highest BCUT2D eigenvalue weighted by atomic mass is 32.2. The summed E-state index contributed by atoms with van der Waals surface area (Å²) in [6.07, 6.45) is -0.528. The lowest BCUT2D eigenvalue weighted by Gasteiger charge is -2.17. The molecule has 9 heteroatoms. The summed E-state index contributed by atoms with van der Waals surface area (Å²) in [5.41, 5.74) is 0. The third-order valence-corrected chi connectivity index (χ3v) is 4.18. The second-order valence-electron chi connectivity index (χ2n) is 3.67. The van der Waals surface area contributed by atoms with Crippen molar-refractivity contribution in [1.82, 2.24) is 4.31 Å². The SMILES string of the molecule is CN(CCC(=O)O)S(=O)(=O)c1c(F)cc(F)cc1F. The number of halogens is 3. The monoisotopic (exact) mass is 297 g/mol. The predicted octanol–water partition coefficient (Wildman–Crippen LogP) is 1.20. The lowest BCUT2D eigenvalue weighted by molar-refractivity contribution is -0.137. The Morgan fingerprint density at radius 3 is 2.16 bits per heavy atom. The molecule has 0 aliphatic carbocycles. The number of hydrogen-bond donors (Lipinski definition) is 1. The number of sulfonamides is 1. The van der Waals surface area contributed by atoms with Gasteiger partial charge in [0.1, 0.15) is 17.5 Å². The summed E-state index contributed by atoms with van der Waals surface area (Å²) in [7, 11) is -3.59. The van der Waals surface area contributed by atoms with E-state index in [4.69, 9.17) is 5.11 Å². The zero-order chi connectivity index (χ0) is 14.8. The molecule has 5 nitrogen and oxygen atoms in total. The topological polar surface area (TPSA) is 74.7 Å². The molecule has 0 spiro atoms. The number of carboxylic acid groups (broad SMARTS) is 1. The van der Waals surface area contributed by atoms with Gasteiger partial charge in [0.15, 0.2) is 4.90 Å². The van der Waals surface area contributed by atoms with E-state index in [2.05, 4.69) is 0 Å². The molecular formula is C10H10F3NO4S. The van der Waals surface area contributed by atoms with E-state index in [9.17, 15) is 26.4 Å². The fraction of sp³-hybridized carbons (Fsp3) is 0.300. The zero-order valence-electron chi connectivity index (χ0n) is 9.73. The summed E-state index contributed by atoms with van der Waals surface area (Å²) in [5.74, 6) is -5.65. The van der Waals surface area contributed by atoms with E-state index in [1.54, 1.807) is 0 Å². The summed E-state index contributed by atoms with van der Waals surface area (Å²) < 4.78 is 63.6. The van der Waals surface area contributed by atoms with Crippen LogP contribution in [0, 0.1) is 17.5 Å². The van der Waals surface area contributed by atoms with E-state index in [1.165, 1.54) is 0 Å². The highest BCUT2D eigenvalue weighted by Crippen LogP contribution is 2.23. The third kappa shape index (κ3) is 3.44. The van der Waals surface area contributed by atoms with Gasteiger partial charge in [-0.05, 0) is 0 Å². The second kappa shape index (κ2) is 5.57. The van der Waals surface area contributed by atoms with Crippen molar-refractivity contribution in [1.29, 1.82) is 0 Å². The fourth-order valence-electron chi connectivity index (χ4n) is 1.30. The van der Waals surface area contributed by atoms with Crippen molar-refractivity contribution in [2.24, 2.45) is 0 Å². The summed E-state index contributed by atoms with van der Waals surface area (Å²) in [6, 6.07) is 0.474. The first-order valence-electron chi connectivity index (χ1n) is 4.99. The largest absolute Gasteiger partial charge is 0.481 e. The zero-order valence-corrected chi connectivity index (χ0v) is 10.5. The van der Waals surface area contributed by atoms with Gasteiger partial charge in [-0.15, -0.1) is 0 Å². The second-order valence-corrected chi connectivity index (χ2v) is 5.65. The molecule has 0 aromatic heterocycles. The van der Waals surface area contributed by atoms with Gasteiger partial charge in [-0.1, -0.05) is 0 Å². The minimum atomic E-state index is -4.56. The van der Waals surface area contributed by atoms with Gasteiger partial charge in [0.05, 0.1) is 6.42 Å². The maximum Gasteiger partial charge on any atom is 0.304 e. The first kappa shape index (κ1) is 15.4. The Bertz CT molecular complexity index is 580. The standard InChI is InChI=1S/C10H10F3NO4S/c1-14(3-2-9(15)16)19(17,18)10-7(12)4-6(11)5-8(10)13/h4-5H,2-3H2,1H3,(H,15,16). The Balaban J connectivity index is 3.17. The van der Waals surface area contributed by atoms with Crippen molar-refractivity contribution < 1.29 is 31.5 Å². The molecule has 0 aliphatic rings. The molecule has 0 amide bonds. The number of nitrogens with zero attached hydrogens (tertiary/aromatic N) is 1. The molecule has 0 atom stereocenters. The van der Waals surface area contributed by atoms with Gasteiger partial charge in [0, 0.05) is 25.7 Å². The average Bonchev–Trinajstić information content (AvgIpc) is 2.23. The first-order chi connectivity index (χ1) is 8.66. The van der Waals surface area contributed by atoms with Crippen LogP contribution in [0.3, 0.4) is 0 Å². The van der Waals surface area contributed by atoms with Gasteiger partial charge in [-0.25, -0.2) is 25.9 Å². The van der Waals surface area contributed by atoms with Crippen LogP contribution in [0.1, 0.15) is 6.42 Å². The Kier molecular flexibility index (Phi) is 4.53. The molecule has 19 heavy (non-hydrogen) atoms. The van der Waals surface area contributed by atoms with Crippen molar-refractivity contribution in [2.45, 2.75) is 11.3 Å². The Morgan fingerprint density at radius 1 is 1.26 bits per heavy atom. The minimum Gasteiger partial charge on any atom is -0.481 e. The molecule has 0 unspecified atom stereocenters. The van der Waals surface area contributed by atoms with Gasteiger partial charge >= 0.3 is 5.97 Å². The number of benzene rings is 1. The summed E-state index contributed by atoms with van der Waals surface area (Å²) in [5, 5.41) is 8.43. The molecular weight excluding hydrogens is 287 g/mol. The highest BCUT2D eigenvalue weighted by Gasteiger charge is 2.29. The van der Waals surface area contributed by atoms with Crippen LogP contribution < -0.4 is 0 Å². The number of carbonyl (C=O) groups is 1. The molecule has 1 aromatic rings. The summed E-state index contributed by atoms with van der Waals surface area (Å²) >= 11 is 0. The Morgan fingerprint density at radius 2 is 1.74 bits per heavy atom. The van der Waals surface area contributed by atoms with Gasteiger partial charge in [-0.3, -0.25) is 4.79 Å². The lowest BCUT2D eigenvalue weighted by atomic mass is 10.3. The van der Waals surface area contributed by atoms with Crippen LogP contribution in [0.15, 0.2) is 17.0 Å². The van der Waals surface area contributed by atoms with E-state index < -0.39 is 51.3 Å². The minimum absolute atomic E-state index is 0.237. The number of aliphatic carboxylic acids is 1. The van der Waals surface area contributed by atoms with E-state index in [-0.39, 0.29) is 12.1 Å². The highest BCUT2D eigenvalue weighted by molar-refractivity contribution is 7.89. The molecule has 0 bridgehead atoms. The van der Waals surface area contributed by atoms with Crippen LogP contribution in [0.2, 0.25) is 0 Å². The normalized spacial score (nSPS) is 11.8. The fourth-order valence-corrected chi connectivity index (χ4v) is 2.56. The Hall–Kier alpha value is -1.61. The lowest BCUT2D eigenvalue weighted by Crippen LogP contribution is -2.30. The summed E-state index contributed by atoms with van der Waals surface area (Å²) in [4.78, 5) is 9.02. The van der Waals surface area contributed by atoms with Crippen LogP contribution >= 0.6 is 0 Å². The molecule has 0 aliphatic heterocycles. The molecule has 0 radical (unpaired) electrons. The van der Waals surface area contributed by atoms with Crippen LogP contribution in [0.4, 0.5) is 13.2 Å². The van der Waals surface area contributed by atoms with Crippen molar-refractivity contribution in [3.8, 4) is 0 Å². The molecule has 0 heterocycles. The molecule has 1 N–H and O–H groups in total. The van der Waals surface area contributed by atoms with Crippen LogP contribution in [-0.2, 0) is 14.8 Å². The van der Waals surface area contributed by atoms with Crippen LogP contribution in [0.25, 0.3) is 0 Å². The van der Waals surface area contributed by atoms with Crippen molar-refractivity contribution in [3.63, 3.8) is 0 Å². The maximum atomic E-state index is 13.4. The molecule has 1 aromatic carbocycles. The van der Waals surface area contributed by atoms with E-state index >= 15 is 0 Å². The summed E-state index contributed by atoms with van der Waals surface area (Å²) in [6.45, 7) is -0.464. The number of rotatable bonds is 5. The van der Waals surface area contributed by atoms with E-state index in [1.807, 2.05) is 0 Å². The average molecular weight is 297 g/mol. The van der Waals surface area contributed by atoms with Crippen molar-refractivity contribution >= 4 is 16.0 Å². The maximum absolute atomic E-state index is 13.4. The van der Waals surface area contributed by atoms with E-state index in [0.29, 0.717) is 4.31 Å². The van der Waals surface area contributed by atoms with Crippen molar-refractivity contribution in [2.75, 3.05) is 13.6 Å². The number of hydrogen-bond acceptors (Lipinski definition) is 3. The van der Waals surface area contributed by atoms with Gasteiger partial charge in [0.2, 0.25) is 10.0 Å². The smallest absolute Gasteiger partial charge is 0.304 e. The van der Waals surface area contributed by atoms with Crippen molar-refractivity contribution in [3.05, 3.63) is 29.6 Å². The van der Waals surface area contributed by atoms with Gasteiger partial charge in [0.25, 0.3) is 0 Å². The van der Waals surface area contributed by atoms with Gasteiger partial charge in [-0.2, -0.15) is 0 Å². The molecule has 0 saturated heterocycles. The van der Waals surface area contributed by atoms with E-state index in [0.717, 1.165) is 7.05 Å². The Labute approximate surface area is 107 Å². The quantitative estimate of drug-likeness (QED) is 0.886. The molecule has 0 fully saturated rings. The number of carboxylic acids is 1. The van der Waals surface area contributed by atoms with Crippen LogP contribution in [0.5, 0.6) is 0 Å².